The van der Waals surface area contributed by atoms with Crippen LogP contribution >= 0.6 is 0 Å². The summed E-state index contributed by atoms with van der Waals surface area (Å²) in [5.74, 6) is 0.165. The highest BCUT2D eigenvalue weighted by atomic mass is 16.5. The van der Waals surface area contributed by atoms with Crippen molar-refractivity contribution in [1.82, 2.24) is 5.32 Å². The lowest BCUT2D eigenvalue weighted by Gasteiger charge is -2.36. The maximum Gasteiger partial charge on any atom is 0.227 e. The van der Waals surface area contributed by atoms with Crippen LogP contribution in [0.4, 0.5) is 0 Å². The zero-order chi connectivity index (χ0) is 13.0. The van der Waals surface area contributed by atoms with Gasteiger partial charge in [0.15, 0.2) is 0 Å². The zero-order valence-electron chi connectivity index (χ0n) is 11.4. The van der Waals surface area contributed by atoms with Crippen LogP contribution in [0.2, 0.25) is 0 Å². The van der Waals surface area contributed by atoms with Crippen LogP contribution in [-0.4, -0.2) is 31.7 Å². The molecule has 2 aliphatic rings. The van der Waals surface area contributed by atoms with Crippen LogP contribution in [0.15, 0.2) is 0 Å². The minimum absolute atomic E-state index is 0.165. The normalized spacial score (nSPS) is 31.2. The van der Waals surface area contributed by atoms with Gasteiger partial charge in [0.1, 0.15) is 0 Å². The molecular weight excluding hydrogens is 228 g/mol. The summed E-state index contributed by atoms with van der Waals surface area (Å²) in [6.45, 7) is 0.475. The quantitative estimate of drug-likeness (QED) is 0.800. The van der Waals surface area contributed by atoms with E-state index >= 15 is 0 Å². The Morgan fingerprint density at radius 3 is 2.61 bits per heavy atom. The number of amides is 1. The summed E-state index contributed by atoms with van der Waals surface area (Å²) in [7, 11) is 1.73. The van der Waals surface area contributed by atoms with E-state index in [0.717, 1.165) is 44.9 Å². The Balaban J connectivity index is 1.97. The third kappa shape index (κ3) is 2.69. The molecule has 3 N–H and O–H groups in total. The predicted octanol–water partition coefficient (Wildman–Crippen LogP) is 1.58. The molecule has 1 amide bonds. The fourth-order valence-electron chi connectivity index (χ4n) is 3.45. The number of nitrogens with two attached hydrogens (primary N) is 1. The number of ether oxygens (including phenoxy) is 1. The van der Waals surface area contributed by atoms with E-state index in [9.17, 15) is 4.79 Å². The summed E-state index contributed by atoms with van der Waals surface area (Å²) in [4.78, 5) is 12.5. The SMILES string of the molecule is COC1CCCC1NC(=O)C1(CN)CCCCC1. The Labute approximate surface area is 110 Å². The van der Waals surface area contributed by atoms with Gasteiger partial charge in [0.25, 0.3) is 0 Å². The van der Waals surface area contributed by atoms with E-state index in [0.29, 0.717) is 6.54 Å². The Kier molecular flexibility index (Phi) is 4.62. The van der Waals surface area contributed by atoms with Crippen molar-refractivity contribution in [2.75, 3.05) is 13.7 Å². The number of carbonyl (C=O) groups is 1. The van der Waals surface area contributed by atoms with E-state index < -0.39 is 0 Å². The number of methoxy groups -OCH3 is 1. The van der Waals surface area contributed by atoms with Crippen LogP contribution in [0.3, 0.4) is 0 Å². The lowest BCUT2D eigenvalue weighted by atomic mass is 9.73. The molecule has 0 saturated heterocycles. The van der Waals surface area contributed by atoms with Crippen LogP contribution in [0, 0.1) is 5.41 Å². The second-order valence-electron chi connectivity index (χ2n) is 5.83. The van der Waals surface area contributed by atoms with E-state index in [2.05, 4.69) is 5.32 Å². The summed E-state index contributed by atoms with van der Waals surface area (Å²) in [5, 5.41) is 3.20. The van der Waals surface area contributed by atoms with Gasteiger partial charge < -0.3 is 15.8 Å². The predicted molar refractivity (Wildman–Crippen MR) is 71.2 cm³/mol. The van der Waals surface area contributed by atoms with Crippen LogP contribution in [0.25, 0.3) is 0 Å². The first-order chi connectivity index (χ1) is 8.72. The van der Waals surface area contributed by atoms with E-state index in [1.54, 1.807) is 7.11 Å². The Morgan fingerprint density at radius 1 is 1.28 bits per heavy atom. The fourth-order valence-corrected chi connectivity index (χ4v) is 3.45. The van der Waals surface area contributed by atoms with Crippen molar-refractivity contribution in [2.45, 2.75) is 63.5 Å². The van der Waals surface area contributed by atoms with Crippen molar-refractivity contribution in [1.29, 1.82) is 0 Å². The van der Waals surface area contributed by atoms with E-state index in [1.807, 2.05) is 0 Å². The minimum atomic E-state index is -0.306. The fraction of sp³-hybridized carbons (Fsp3) is 0.929. The molecule has 0 heterocycles. The highest BCUT2D eigenvalue weighted by Gasteiger charge is 2.40. The van der Waals surface area contributed by atoms with Crippen molar-refractivity contribution < 1.29 is 9.53 Å². The van der Waals surface area contributed by atoms with Gasteiger partial charge in [-0.1, -0.05) is 19.3 Å². The smallest absolute Gasteiger partial charge is 0.227 e. The van der Waals surface area contributed by atoms with Crippen LogP contribution in [0.5, 0.6) is 0 Å². The number of hydrogen-bond acceptors (Lipinski definition) is 3. The largest absolute Gasteiger partial charge is 0.379 e. The molecule has 4 heteroatoms. The second-order valence-corrected chi connectivity index (χ2v) is 5.83. The van der Waals surface area contributed by atoms with Gasteiger partial charge in [-0.3, -0.25) is 4.79 Å². The maximum absolute atomic E-state index is 12.5. The van der Waals surface area contributed by atoms with Gasteiger partial charge in [-0.2, -0.15) is 0 Å². The molecule has 2 rings (SSSR count). The molecule has 4 nitrogen and oxygen atoms in total. The van der Waals surface area contributed by atoms with Gasteiger partial charge in [0, 0.05) is 13.7 Å². The summed E-state index contributed by atoms with van der Waals surface area (Å²) in [6.07, 6.45) is 8.79. The van der Waals surface area contributed by atoms with Crippen LogP contribution in [0.1, 0.15) is 51.4 Å². The molecular formula is C14H26N2O2. The Hall–Kier alpha value is -0.610. The standard InChI is InChI=1S/C14H26N2O2/c1-18-12-7-5-6-11(12)16-13(17)14(10-15)8-3-2-4-9-14/h11-12H,2-10,15H2,1H3,(H,16,17). The molecule has 0 aromatic carbocycles. The number of nitrogens with one attached hydrogen (secondary N) is 1. The monoisotopic (exact) mass is 254 g/mol. The molecule has 104 valence electrons. The average molecular weight is 254 g/mol. The van der Waals surface area contributed by atoms with Crippen molar-refractivity contribution in [3.63, 3.8) is 0 Å². The Morgan fingerprint density at radius 2 is 2.00 bits per heavy atom. The van der Waals surface area contributed by atoms with Crippen molar-refractivity contribution in [3.05, 3.63) is 0 Å². The molecule has 18 heavy (non-hydrogen) atoms. The van der Waals surface area contributed by atoms with Gasteiger partial charge in [0.05, 0.1) is 17.6 Å². The molecule has 0 radical (unpaired) electrons. The highest BCUT2D eigenvalue weighted by Crippen LogP contribution is 2.36. The van der Waals surface area contributed by atoms with Gasteiger partial charge in [0.2, 0.25) is 5.91 Å². The molecule has 2 fully saturated rings. The lowest BCUT2D eigenvalue weighted by Crippen LogP contribution is -2.52. The first-order valence-electron chi connectivity index (χ1n) is 7.26. The first-order valence-corrected chi connectivity index (χ1v) is 7.26. The van der Waals surface area contributed by atoms with Gasteiger partial charge in [-0.25, -0.2) is 0 Å². The molecule has 0 aromatic rings. The molecule has 2 aliphatic carbocycles. The van der Waals surface area contributed by atoms with E-state index in [1.165, 1.54) is 6.42 Å². The van der Waals surface area contributed by atoms with Crippen molar-refractivity contribution in [2.24, 2.45) is 11.1 Å². The number of rotatable bonds is 4. The van der Waals surface area contributed by atoms with Crippen molar-refractivity contribution >= 4 is 5.91 Å². The minimum Gasteiger partial charge on any atom is -0.379 e. The number of carbonyl (C=O) groups excluding carboxylic acids is 1. The molecule has 0 aliphatic heterocycles. The molecule has 0 spiro atoms. The van der Waals surface area contributed by atoms with Gasteiger partial charge in [-0.05, 0) is 32.1 Å². The van der Waals surface area contributed by atoms with Crippen molar-refractivity contribution in [3.8, 4) is 0 Å². The summed E-state index contributed by atoms with van der Waals surface area (Å²) in [5.41, 5.74) is 5.58. The molecule has 0 bridgehead atoms. The molecule has 2 unspecified atom stereocenters. The Bertz CT molecular complexity index is 288. The third-order valence-corrected chi connectivity index (χ3v) is 4.75. The van der Waals surface area contributed by atoms with E-state index in [-0.39, 0.29) is 23.5 Å². The highest BCUT2D eigenvalue weighted by molar-refractivity contribution is 5.83. The second kappa shape index (κ2) is 6.02. The maximum atomic E-state index is 12.5. The molecule has 2 atom stereocenters. The summed E-state index contributed by atoms with van der Waals surface area (Å²) in [6, 6.07) is 0.188. The third-order valence-electron chi connectivity index (χ3n) is 4.75. The van der Waals surface area contributed by atoms with Gasteiger partial charge in [-0.15, -0.1) is 0 Å². The van der Waals surface area contributed by atoms with E-state index in [4.69, 9.17) is 10.5 Å². The van der Waals surface area contributed by atoms with Gasteiger partial charge >= 0.3 is 0 Å². The molecule has 2 saturated carbocycles. The zero-order valence-corrected chi connectivity index (χ0v) is 11.4. The lowest BCUT2D eigenvalue weighted by molar-refractivity contribution is -0.134. The first kappa shape index (κ1) is 13.8. The number of hydrogen-bond donors (Lipinski definition) is 2. The van der Waals surface area contributed by atoms with Crippen LogP contribution < -0.4 is 11.1 Å². The van der Waals surface area contributed by atoms with Crippen LogP contribution in [-0.2, 0) is 9.53 Å². The average Bonchev–Trinajstić information content (AvgIpc) is 2.86. The summed E-state index contributed by atoms with van der Waals surface area (Å²) >= 11 is 0. The topological polar surface area (TPSA) is 64.3 Å². The summed E-state index contributed by atoms with van der Waals surface area (Å²) < 4.78 is 5.43. The molecule has 0 aromatic heterocycles.